The molecule has 12 nitrogen and oxygen atoms in total. The van der Waals surface area contributed by atoms with Gasteiger partial charge in [0.05, 0.1) is 17.8 Å². The van der Waals surface area contributed by atoms with Crippen LogP contribution < -0.4 is 16.8 Å². The number of primary amides is 1. The van der Waals surface area contributed by atoms with Gasteiger partial charge in [0.1, 0.15) is 19.2 Å². The Kier molecular flexibility index (Phi) is 7.98. The van der Waals surface area contributed by atoms with Crippen molar-refractivity contribution in [3.63, 3.8) is 0 Å². The van der Waals surface area contributed by atoms with Crippen LogP contribution in [0, 0.1) is 17.8 Å². The minimum atomic E-state index is -1.10. The van der Waals surface area contributed by atoms with Crippen molar-refractivity contribution in [3.8, 4) is 0 Å². The standard InChI is InChI=1S/C25H37N7O5/c1-25(2,27)23(34)28-19(14-36-12-17-10-15-7-8-16(17)9-15)22-30-29-21-6-4-5-18(32(21)22)13-37-24(35)31(3)11-20(26)33/h4-6,15-17,19H,7-14,27H2,1-3H3,(H2,26,33)(H,28,34)/t15-,16+,17?,19-/m1/s1. The number of aromatic nitrogens is 3. The van der Waals surface area contributed by atoms with Crippen molar-refractivity contribution >= 4 is 23.6 Å². The third-order valence-corrected chi connectivity index (χ3v) is 7.29. The summed E-state index contributed by atoms with van der Waals surface area (Å²) in [5.41, 5.74) is 11.2. The second kappa shape index (κ2) is 11.0. The summed E-state index contributed by atoms with van der Waals surface area (Å²) >= 11 is 0. The quantitative estimate of drug-likeness (QED) is 0.400. The second-order valence-electron chi connectivity index (χ2n) is 10.9. The van der Waals surface area contributed by atoms with Crippen LogP contribution >= 0.6 is 0 Å². The highest BCUT2D eigenvalue weighted by Gasteiger charge is 2.39. The van der Waals surface area contributed by atoms with Crippen LogP contribution in [0.3, 0.4) is 0 Å². The van der Waals surface area contributed by atoms with Gasteiger partial charge in [0.25, 0.3) is 0 Å². The largest absolute Gasteiger partial charge is 0.443 e. The molecule has 5 N–H and O–H groups in total. The Labute approximate surface area is 216 Å². The van der Waals surface area contributed by atoms with E-state index in [-0.39, 0.29) is 25.7 Å². The van der Waals surface area contributed by atoms with Gasteiger partial charge in [0.15, 0.2) is 11.5 Å². The maximum Gasteiger partial charge on any atom is 0.410 e. The Balaban J connectivity index is 1.52. The second-order valence-corrected chi connectivity index (χ2v) is 10.9. The van der Waals surface area contributed by atoms with Gasteiger partial charge in [-0.05, 0) is 63.0 Å². The normalized spacial score (nSPS) is 21.7. The van der Waals surface area contributed by atoms with Crippen molar-refractivity contribution < 1.29 is 23.9 Å². The zero-order valence-electron chi connectivity index (χ0n) is 21.7. The van der Waals surface area contributed by atoms with Gasteiger partial charge < -0.3 is 31.2 Å². The van der Waals surface area contributed by atoms with E-state index in [4.69, 9.17) is 20.9 Å². The lowest BCUT2D eigenvalue weighted by Gasteiger charge is -2.26. The highest BCUT2D eigenvalue weighted by atomic mass is 16.6. The summed E-state index contributed by atoms with van der Waals surface area (Å²) in [7, 11) is 1.42. The number of carbonyl (C=O) groups excluding carboxylic acids is 3. The SMILES string of the molecule is CN(CC(N)=O)C(=O)OCc1cccc2nnc([C@@H](COCC3C[C@@H]4CC[C@H]3C4)NC(=O)C(C)(C)N)n12. The molecular weight excluding hydrogens is 478 g/mol. The first-order valence-corrected chi connectivity index (χ1v) is 12.7. The summed E-state index contributed by atoms with van der Waals surface area (Å²) in [6.07, 6.45) is 4.38. The molecule has 202 valence electrons. The minimum Gasteiger partial charge on any atom is -0.443 e. The number of fused-ring (bicyclic) bond motifs is 3. The van der Waals surface area contributed by atoms with Crippen LogP contribution in [-0.2, 0) is 25.7 Å². The lowest BCUT2D eigenvalue weighted by molar-refractivity contribution is -0.126. The number of amides is 3. The fourth-order valence-electron chi connectivity index (χ4n) is 5.36. The average Bonchev–Trinajstić information content (AvgIpc) is 3.56. The molecule has 2 fully saturated rings. The van der Waals surface area contributed by atoms with Gasteiger partial charge in [0, 0.05) is 13.7 Å². The molecule has 0 spiro atoms. The Morgan fingerprint density at radius 1 is 1.24 bits per heavy atom. The number of hydrogen-bond donors (Lipinski definition) is 3. The summed E-state index contributed by atoms with van der Waals surface area (Å²) in [6, 6.07) is 4.68. The number of ether oxygens (including phenoxy) is 2. The molecule has 3 amide bonds. The molecule has 1 unspecified atom stereocenters. The molecule has 2 aromatic heterocycles. The van der Waals surface area contributed by atoms with E-state index in [1.54, 1.807) is 36.4 Å². The first-order chi connectivity index (χ1) is 17.5. The molecule has 0 radical (unpaired) electrons. The van der Waals surface area contributed by atoms with E-state index in [0.717, 1.165) is 16.7 Å². The molecule has 0 saturated heterocycles. The van der Waals surface area contributed by atoms with Crippen molar-refractivity contribution in [1.82, 2.24) is 24.8 Å². The van der Waals surface area contributed by atoms with Crippen LogP contribution in [0.4, 0.5) is 4.79 Å². The third-order valence-electron chi connectivity index (χ3n) is 7.29. The number of nitrogens with two attached hydrogens (primary N) is 2. The third kappa shape index (κ3) is 6.37. The molecule has 0 aromatic carbocycles. The van der Waals surface area contributed by atoms with Crippen molar-refractivity contribution in [3.05, 3.63) is 29.7 Å². The first-order valence-electron chi connectivity index (χ1n) is 12.7. The molecule has 2 bridgehead atoms. The van der Waals surface area contributed by atoms with Crippen molar-refractivity contribution in [1.29, 1.82) is 0 Å². The molecule has 2 aromatic rings. The Hall–Kier alpha value is -3.25. The van der Waals surface area contributed by atoms with E-state index in [9.17, 15) is 14.4 Å². The average molecular weight is 516 g/mol. The molecule has 37 heavy (non-hydrogen) atoms. The number of rotatable bonds is 11. The lowest BCUT2D eigenvalue weighted by atomic mass is 9.89. The lowest BCUT2D eigenvalue weighted by Crippen LogP contribution is -2.51. The highest BCUT2D eigenvalue weighted by molar-refractivity contribution is 5.85. The zero-order valence-corrected chi connectivity index (χ0v) is 21.7. The maximum absolute atomic E-state index is 12.8. The Bertz CT molecular complexity index is 1140. The van der Waals surface area contributed by atoms with E-state index >= 15 is 0 Å². The molecule has 2 heterocycles. The number of nitrogens with one attached hydrogen (secondary N) is 1. The molecule has 4 atom stereocenters. The molecule has 2 aliphatic rings. The number of carbonyl (C=O) groups is 3. The van der Waals surface area contributed by atoms with Crippen molar-refractivity contribution in [2.75, 3.05) is 26.8 Å². The Morgan fingerprint density at radius 3 is 2.68 bits per heavy atom. The first kappa shape index (κ1) is 26.8. The van der Waals surface area contributed by atoms with Crippen LogP contribution in [0.5, 0.6) is 0 Å². The summed E-state index contributed by atoms with van der Waals surface area (Å²) in [5, 5.41) is 11.6. The molecule has 2 aliphatic carbocycles. The van der Waals surface area contributed by atoms with E-state index in [1.165, 1.54) is 32.7 Å². The topological polar surface area (TPSA) is 167 Å². The summed E-state index contributed by atoms with van der Waals surface area (Å²) in [4.78, 5) is 37.3. The van der Waals surface area contributed by atoms with Gasteiger partial charge in [-0.15, -0.1) is 10.2 Å². The fraction of sp³-hybridized carbons (Fsp3) is 0.640. The van der Waals surface area contributed by atoms with Crippen LogP contribution in [0.15, 0.2) is 18.2 Å². The van der Waals surface area contributed by atoms with Gasteiger partial charge in [-0.25, -0.2) is 4.79 Å². The smallest absolute Gasteiger partial charge is 0.410 e. The Morgan fingerprint density at radius 2 is 2.03 bits per heavy atom. The van der Waals surface area contributed by atoms with E-state index in [2.05, 4.69) is 15.5 Å². The van der Waals surface area contributed by atoms with Crippen LogP contribution in [0.1, 0.15) is 57.1 Å². The van der Waals surface area contributed by atoms with E-state index in [0.29, 0.717) is 29.7 Å². The predicted octanol–water partition coefficient (Wildman–Crippen LogP) is 1.13. The van der Waals surface area contributed by atoms with Gasteiger partial charge in [-0.3, -0.25) is 14.0 Å². The number of hydrogen-bond acceptors (Lipinski definition) is 8. The number of pyridine rings is 1. The van der Waals surface area contributed by atoms with Gasteiger partial charge >= 0.3 is 6.09 Å². The van der Waals surface area contributed by atoms with Gasteiger partial charge in [-0.2, -0.15) is 0 Å². The summed E-state index contributed by atoms with van der Waals surface area (Å²) in [6.45, 7) is 3.72. The van der Waals surface area contributed by atoms with E-state index < -0.39 is 23.6 Å². The predicted molar refractivity (Wildman–Crippen MR) is 134 cm³/mol. The molecule has 4 rings (SSSR count). The van der Waals surface area contributed by atoms with Gasteiger partial charge in [0.2, 0.25) is 11.8 Å². The van der Waals surface area contributed by atoms with Crippen molar-refractivity contribution in [2.45, 2.75) is 57.7 Å². The number of likely N-dealkylation sites (N-methyl/N-ethyl adjacent to an activating group) is 1. The van der Waals surface area contributed by atoms with Crippen LogP contribution in [0.2, 0.25) is 0 Å². The monoisotopic (exact) mass is 515 g/mol. The zero-order chi connectivity index (χ0) is 26.7. The maximum atomic E-state index is 12.8. The molecule has 12 heteroatoms. The minimum absolute atomic E-state index is 0.112. The fourth-order valence-corrected chi connectivity index (χ4v) is 5.36. The van der Waals surface area contributed by atoms with E-state index in [1.807, 2.05) is 0 Å². The molecule has 0 aliphatic heterocycles. The molecule has 2 saturated carbocycles. The van der Waals surface area contributed by atoms with Crippen LogP contribution in [-0.4, -0.2) is 69.8 Å². The van der Waals surface area contributed by atoms with Gasteiger partial charge in [-0.1, -0.05) is 12.5 Å². The summed E-state index contributed by atoms with van der Waals surface area (Å²) in [5.74, 6) is 1.54. The molecular formula is C25H37N7O5. The number of nitrogens with zero attached hydrogens (tertiary/aromatic N) is 4. The summed E-state index contributed by atoms with van der Waals surface area (Å²) < 4.78 is 13.3. The highest BCUT2D eigenvalue weighted by Crippen LogP contribution is 2.48. The van der Waals surface area contributed by atoms with Crippen molar-refractivity contribution in [2.24, 2.45) is 29.2 Å². The van der Waals surface area contributed by atoms with Crippen LogP contribution in [0.25, 0.3) is 5.65 Å².